The summed E-state index contributed by atoms with van der Waals surface area (Å²) in [6, 6.07) is 17.9. The summed E-state index contributed by atoms with van der Waals surface area (Å²) >= 11 is 0. The predicted octanol–water partition coefficient (Wildman–Crippen LogP) is 6.64. The average Bonchev–Trinajstić information content (AvgIpc) is 2.70. The van der Waals surface area contributed by atoms with E-state index in [-0.39, 0.29) is 6.23 Å². The summed E-state index contributed by atoms with van der Waals surface area (Å²) in [4.78, 5) is 2.53. The lowest BCUT2D eigenvalue weighted by Gasteiger charge is -2.35. The van der Waals surface area contributed by atoms with E-state index in [0.717, 1.165) is 36.8 Å². The van der Waals surface area contributed by atoms with Gasteiger partial charge in [0.1, 0.15) is 17.2 Å². The molecular weight excluding hydrogens is 334 g/mol. The monoisotopic (exact) mass is 367 g/mol. The summed E-state index contributed by atoms with van der Waals surface area (Å²) in [5.74, 6) is 2.56. The Kier molecular flexibility index (Phi) is 8.03. The van der Waals surface area contributed by atoms with Crippen LogP contribution < -0.4 is 9.47 Å². The van der Waals surface area contributed by atoms with Gasteiger partial charge in [0.15, 0.2) is 6.23 Å². The van der Waals surface area contributed by atoms with Crippen molar-refractivity contribution in [3.8, 4) is 17.2 Å². The van der Waals surface area contributed by atoms with Crippen molar-refractivity contribution in [1.29, 1.82) is 0 Å². The number of rotatable bonds is 10. The molecule has 0 aliphatic carbocycles. The molecule has 1 fully saturated rings. The highest BCUT2D eigenvalue weighted by atomic mass is 16.5. The van der Waals surface area contributed by atoms with E-state index >= 15 is 0 Å². The van der Waals surface area contributed by atoms with Gasteiger partial charge in [-0.15, -0.1) is 0 Å². The average molecular weight is 368 g/mol. The molecule has 0 aromatic heterocycles. The lowest BCUT2D eigenvalue weighted by molar-refractivity contribution is -0.00482. The topological polar surface area (TPSA) is 21.7 Å². The molecule has 0 N–H and O–H groups in total. The second kappa shape index (κ2) is 11.0. The summed E-state index contributed by atoms with van der Waals surface area (Å²) < 4.78 is 12.3. The van der Waals surface area contributed by atoms with Crippen molar-refractivity contribution < 1.29 is 9.47 Å². The van der Waals surface area contributed by atoms with Gasteiger partial charge in [0, 0.05) is 19.2 Å². The molecule has 3 heteroatoms. The molecule has 3 rings (SSSR count). The lowest BCUT2D eigenvalue weighted by atomic mass is 10.1. The van der Waals surface area contributed by atoms with Crippen LogP contribution in [-0.2, 0) is 0 Å². The number of ether oxygens (including phenoxy) is 2. The van der Waals surface area contributed by atoms with Crippen LogP contribution in [0.5, 0.6) is 17.2 Å². The Morgan fingerprint density at radius 2 is 1.63 bits per heavy atom. The van der Waals surface area contributed by atoms with Crippen molar-refractivity contribution in [1.82, 2.24) is 4.90 Å². The van der Waals surface area contributed by atoms with Crippen molar-refractivity contribution in [2.75, 3.05) is 13.1 Å². The fourth-order valence-electron chi connectivity index (χ4n) is 3.66. The van der Waals surface area contributed by atoms with Crippen LogP contribution in [0.15, 0.2) is 54.6 Å². The van der Waals surface area contributed by atoms with Gasteiger partial charge in [-0.05, 0) is 49.9 Å². The summed E-state index contributed by atoms with van der Waals surface area (Å²) in [5, 5.41) is 0. The van der Waals surface area contributed by atoms with Crippen LogP contribution in [0.1, 0.15) is 58.3 Å². The van der Waals surface area contributed by atoms with Crippen LogP contribution in [0.3, 0.4) is 0 Å². The van der Waals surface area contributed by atoms with Gasteiger partial charge in [0.25, 0.3) is 0 Å². The van der Waals surface area contributed by atoms with Crippen molar-refractivity contribution >= 4 is 0 Å². The van der Waals surface area contributed by atoms with Crippen molar-refractivity contribution in [3.05, 3.63) is 54.6 Å². The number of piperidine rings is 1. The van der Waals surface area contributed by atoms with Crippen LogP contribution >= 0.6 is 0 Å². The largest absolute Gasteiger partial charge is 0.475 e. The minimum Gasteiger partial charge on any atom is -0.475 e. The first-order valence-electron chi connectivity index (χ1n) is 10.6. The number of hydrogen-bond donors (Lipinski definition) is 0. The van der Waals surface area contributed by atoms with Gasteiger partial charge in [-0.25, -0.2) is 0 Å². The summed E-state index contributed by atoms with van der Waals surface area (Å²) in [6.07, 6.45) is 10.5. The van der Waals surface area contributed by atoms with E-state index in [1.807, 2.05) is 54.6 Å². The number of hydrogen-bond acceptors (Lipinski definition) is 3. The minimum atomic E-state index is 0.192. The summed E-state index contributed by atoms with van der Waals surface area (Å²) in [6.45, 7) is 4.57. The van der Waals surface area contributed by atoms with Crippen molar-refractivity contribution in [2.45, 2.75) is 64.5 Å². The lowest BCUT2D eigenvalue weighted by Crippen LogP contribution is -2.43. The Bertz CT molecular complexity index is 658. The third kappa shape index (κ3) is 6.59. The molecule has 1 heterocycles. The van der Waals surface area contributed by atoms with E-state index in [1.54, 1.807) is 0 Å². The molecule has 0 bridgehead atoms. The van der Waals surface area contributed by atoms with E-state index in [1.165, 1.54) is 44.9 Å². The number of nitrogens with zero attached hydrogens (tertiary/aromatic N) is 1. The van der Waals surface area contributed by atoms with Gasteiger partial charge in [0.2, 0.25) is 0 Å². The third-order valence-corrected chi connectivity index (χ3v) is 5.16. The Morgan fingerprint density at radius 1 is 0.852 bits per heavy atom. The van der Waals surface area contributed by atoms with Crippen LogP contribution in [0, 0.1) is 0 Å². The van der Waals surface area contributed by atoms with E-state index in [2.05, 4.69) is 11.8 Å². The van der Waals surface area contributed by atoms with Crippen LogP contribution in [0.2, 0.25) is 0 Å². The molecule has 0 saturated carbocycles. The summed E-state index contributed by atoms with van der Waals surface area (Å²) in [5.41, 5.74) is 0. The highest BCUT2D eigenvalue weighted by Gasteiger charge is 2.23. The van der Waals surface area contributed by atoms with E-state index in [0.29, 0.717) is 0 Å². The van der Waals surface area contributed by atoms with E-state index in [9.17, 15) is 0 Å². The van der Waals surface area contributed by atoms with E-state index < -0.39 is 0 Å². The molecule has 0 radical (unpaired) electrons. The molecule has 1 atom stereocenters. The highest BCUT2D eigenvalue weighted by molar-refractivity contribution is 5.36. The zero-order valence-electron chi connectivity index (χ0n) is 16.6. The molecule has 146 valence electrons. The molecule has 0 amide bonds. The SMILES string of the molecule is CCCCCCCN1CCCCC1Oc1cccc(Oc2ccccc2)c1. The minimum absolute atomic E-state index is 0.192. The first-order valence-corrected chi connectivity index (χ1v) is 10.6. The first kappa shape index (κ1) is 19.8. The Morgan fingerprint density at radius 3 is 2.48 bits per heavy atom. The fourth-order valence-corrected chi connectivity index (χ4v) is 3.66. The molecule has 2 aromatic carbocycles. The highest BCUT2D eigenvalue weighted by Crippen LogP contribution is 2.28. The predicted molar refractivity (Wildman–Crippen MR) is 112 cm³/mol. The maximum Gasteiger partial charge on any atom is 0.152 e. The van der Waals surface area contributed by atoms with Gasteiger partial charge < -0.3 is 9.47 Å². The molecular formula is C24H33NO2. The van der Waals surface area contributed by atoms with Gasteiger partial charge >= 0.3 is 0 Å². The number of para-hydroxylation sites is 1. The second-order valence-electron chi connectivity index (χ2n) is 7.41. The molecule has 1 aliphatic heterocycles. The number of likely N-dealkylation sites (tertiary alicyclic amines) is 1. The number of benzene rings is 2. The fraction of sp³-hybridized carbons (Fsp3) is 0.500. The quantitative estimate of drug-likeness (QED) is 0.439. The Labute approximate surface area is 164 Å². The standard InChI is InChI=1S/C24H33NO2/c1-2-3-4-5-10-18-25-19-11-9-17-24(25)27-23-16-12-15-22(20-23)26-21-13-7-6-8-14-21/h6-8,12-16,20,24H,2-5,9-11,17-19H2,1H3. The van der Waals surface area contributed by atoms with Crippen LogP contribution in [0.25, 0.3) is 0 Å². The normalized spacial score (nSPS) is 17.6. The smallest absolute Gasteiger partial charge is 0.152 e. The van der Waals surface area contributed by atoms with Crippen LogP contribution in [-0.4, -0.2) is 24.2 Å². The third-order valence-electron chi connectivity index (χ3n) is 5.16. The molecule has 0 spiro atoms. The van der Waals surface area contributed by atoms with Crippen LogP contribution in [0.4, 0.5) is 0 Å². The molecule has 3 nitrogen and oxygen atoms in total. The summed E-state index contributed by atoms with van der Waals surface area (Å²) in [7, 11) is 0. The van der Waals surface area contributed by atoms with Gasteiger partial charge in [-0.2, -0.15) is 0 Å². The van der Waals surface area contributed by atoms with Crippen molar-refractivity contribution in [2.24, 2.45) is 0 Å². The number of unbranched alkanes of at least 4 members (excludes halogenated alkanes) is 4. The zero-order chi connectivity index (χ0) is 18.7. The first-order chi connectivity index (χ1) is 13.3. The molecule has 2 aromatic rings. The van der Waals surface area contributed by atoms with Gasteiger partial charge in [-0.1, -0.05) is 56.9 Å². The van der Waals surface area contributed by atoms with Gasteiger partial charge in [0.05, 0.1) is 0 Å². The van der Waals surface area contributed by atoms with Crippen molar-refractivity contribution in [3.63, 3.8) is 0 Å². The van der Waals surface area contributed by atoms with Gasteiger partial charge in [-0.3, -0.25) is 4.90 Å². The molecule has 1 saturated heterocycles. The molecule has 1 aliphatic rings. The van der Waals surface area contributed by atoms with E-state index in [4.69, 9.17) is 9.47 Å². The molecule has 27 heavy (non-hydrogen) atoms. The second-order valence-corrected chi connectivity index (χ2v) is 7.41. The maximum atomic E-state index is 6.37. The molecule has 1 unspecified atom stereocenters. The Hall–Kier alpha value is -2.00. The zero-order valence-corrected chi connectivity index (χ0v) is 16.6. The maximum absolute atomic E-state index is 6.37. The Balaban J connectivity index is 1.55.